The van der Waals surface area contributed by atoms with E-state index in [1.54, 1.807) is 6.07 Å². The molecule has 0 saturated heterocycles. The lowest BCUT2D eigenvalue weighted by molar-refractivity contribution is -0.131. The molecule has 1 N–H and O–H groups in total. The minimum atomic E-state index is -0.952. The van der Waals surface area contributed by atoms with Gasteiger partial charge in [-0.1, -0.05) is 38.3 Å². The van der Waals surface area contributed by atoms with Gasteiger partial charge in [0.15, 0.2) is 5.34 Å². The van der Waals surface area contributed by atoms with E-state index in [2.05, 4.69) is 17.1 Å². The minimum Gasteiger partial charge on any atom is -0.494 e. The van der Waals surface area contributed by atoms with Crippen molar-refractivity contribution >= 4 is 12.0 Å². The SMILES string of the molecule is CCCCCCC(C)ON=O.CCOc1cccc(C=CC(=O)O)c1. The number of hydrogen-bond donors (Lipinski definition) is 1. The number of carbonyl (C=O) groups is 1. The van der Waals surface area contributed by atoms with E-state index in [1.165, 1.54) is 25.3 Å². The van der Waals surface area contributed by atoms with Crippen LogP contribution in [0.5, 0.6) is 5.75 Å². The predicted octanol–water partition coefficient (Wildman–Crippen LogP) is 5.23. The fourth-order valence-electron chi connectivity index (χ4n) is 2.03. The Hall–Kier alpha value is -2.37. The number of hydrogen-bond acceptors (Lipinski definition) is 5. The Labute approximate surface area is 149 Å². The molecule has 0 spiro atoms. The van der Waals surface area contributed by atoms with Crippen molar-refractivity contribution < 1.29 is 19.5 Å². The van der Waals surface area contributed by atoms with Gasteiger partial charge in [-0.15, -0.1) is 4.91 Å². The highest BCUT2D eigenvalue weighted by Gasteiger charge is 2.01. The van der Waals surface area contributed by atoms with E-state index in [-0.39, 0.29) is 6.10 Å². The molecule has 0 saturated carbocycles. The van der Waals surface area contributed by atoms with Crippen molar-refractivity contribution in [2.75, 3.05) is 6.61 Å². The van der Waals surface area contributed by atoms with Crippen LogP contribution < -0.4 is 4.74 Å². The maximum Gasteiger partial charge on any atom is 0.328 e. The zero-order valence-corrected chi connectivity index (χ0v) is 15.3. The van der Waals surface area contributed by atoms with Crippen molar-refractivity contribution in [2.45, 2.75) is 59.0 Å². The van der Waals surface area contributed by atoms with Gasteiger partial charge in [0.25, 0.3) is 0 Å². The van der Waals surface area contributed by atoms with Crippen LogP contribution >= 0.6 is 0 Å². The third-order valence-electron chi connectivity index (χ3n) is 3.27. The Morgan fingerprint density at radius 1 is 1.28 bits per heavy atom. The second-order valence-electron chi connectivity index (χ2n) is 5.52. The van der Waals surface area contributed by atoms with Gasteiger partial charge in [-0.3, -0.25) is 0 Å². The van der Waals surface area contributed by atoms with Crippen LogP contribution in [-0.4, -0.2) is 23.8 Å². The van der Waals surface area contributed by atoms with Crippen molar-refractivity contribution in [1.29, 1.82) is 0 Å². The van der Waals surface area contributed by atoms with Crippen LogP contribution in [-0.2, 0) is 9.63 Å². The fourth-order valence-corrected chi connectivity index (χ4v) is 2.03. The highest BCUT2D eigenvalue weighted by molar-refractivity contribution is 5.85. The van der Waals surface area contributed by atoms with Gasteiger partial charge in [-0.05, 0) is 50.5 Å². The second kappa shape index (κ2) is 15.2. The number of aliphatic carboxylic acids is 1. The van der Waals surface area contributed by atoms with E-state index in [9.17, 15) is 9.70 Å². The number of unbranched alkanes of at least 4 members (excludes halogenated alkanes) is 3. The van der Waals surface area contributed by atoms with Gasteiger partial charge in [0.1, 0.15) is 11.9 Å². The first-order valence-corrected chi connectivity index (χ1v) is 8.65. The number of benzene rings is 1. The topological polar surface area (TPSA) is 85.2 Å². The molecule has 0 bridgehead atoms. The van der Waals surface area contributed by atoms with Crippen LogP contribution in [0.25, 0.3) is 6.08 Å². The number of carboxylic acid groups (broad SMARTS) is 1. The minimum absolute atomic E-state index is 0.00986. The molecule has 0 amide bonds. The first-order chi connectivity index (χ1) is 12.0. The zero-order chi connectivity index (χ0) is 18.9. The van der Waals surface area contributed by atoms with Gasteiger partial charge in [-0.25, -0.2) is 4.79 Å². The lowest BCUT2D eigenvalue weighted by atomic mass is 10.1. The molecule has 1 aromatic rings. The average molecular weight is 351 g/mol. The summed E-state index contributed by atoms with van der Waals surface area (Å²) in [6.45, 7) is 6.55. The van der Waals surface area contributed by atoms with Crippen LogP contribution in [0.2, 0.25) is 0 Å². The molecule has 0 aliphatic carbocycles. The summed E-state index contributed by atoms with van der Waals surface area (Å²) in [7, 11) is 0. The van der Waals surface area contributed by atoms with Gasteiger partial charge in [-0.2, -0.15) is 0 Å². The monoisotopic (exact) mass is 351 g/mol. The Kier molecular flexibility index (Phi) is 13.7. The third-order valence-corrected chi connectivity index (χ3v) is 3.27. The van der Waals surface area contributed by atoms with Crippen LogP contribution in [0.4, 0.5) is 0 Å². The standard InChI is InChI=1S/C11H12O3.C8H17NO2/c1-2-14-10-5-3-4-9(8-10)6-7-11(12)13;1-3-4-5-6-7-8(2)11-9-10/h3-8H,2H2,1H3,(H,12,13);8H,3-7H2,1-2H3. The first kappa shape index (κ1) is 22.6. The van der Waals surface area contributed by atoms with Crippen molar-refractivity contribution in [2.24, 2.45) is 5.34 Å². The third kappa shape index (κ3) is 13.7. The highest BCUT2D eigenvalue weighted by atomic mass is 16.7. The fraction of sp³-hybridized carbons (Fsp3) is 0.526. The molecule has 1 aromatic carbocycles. The number of carboxylic acids is 1. The molecule has 140 valence electrons. The summed E-state index contributed by atoms with van der Waals surface area (Å²) in [5, 5.41) is 10.8. The van der Waals surface area contributed by atoms with Crippen LogP contribution in [0.1, 0.15) is 58.4 Å². The van der Waals surface area contributed by atoms with Crippen molar-refractivity contribution in [3.8, 4) is 5.75 Å². The molecule has 0 aliphatic heterocycles. The molecule has 6 nitrogen and oxygen atoms in total. The lowest BCUT2D eigenvalue weighted by Crippen LogP contribution is -2.02. The molecule has 6 heteroatoms. The normalized spacial score (nSPS) is 11.3. The Morgan fingerprint density at radius 3 is 2.64 bits per heavy atom. The number of rotatable bonds is 11. The summed E-state index contributed by atoms with van der Waals surface area (Å²) in [4.78, 5) is 24.4. The molecule has 1 atom stereocenters. The van der Waals surface area contributed by atoms with Gasteiger partial charge in [0, 0.05) is 6.08 Å². The van der Waals surface area contributed by atoms with E-state index < -0.39 is 5.97 Å². The van der Waals surface area contributed by atoms with E-state index in [4.69, 9.17) is 9.84 Å². The van der Waals surface area contributed by atoms with Crippen molar-refractivity contribution in [3.63, 3.8) is 0 Å². The van der Waals surface area contributed by atoms with Gasteiger partial charge in [0.05, 0.1) is 6.61 Å². The summed E-state index contributed by atoms with van der Waals surface area (Å²) >= 11 is 0. The summed E-state index contributed by atoms with van der Waals surface area (Å²) in [6, 6.07) is 7.28. The first-order valence-electron chi connectivity index (χ1n) is 8.65. The molecular formula is C19H29NO5. The summed E-state index contributed by atoms with van der Waals surface area (Å²) in [5.41, 5.74) is 0.818. The largest absolute Gasteiger partial charge is 0.494 e. The smallest absolute Gasteiger partial charge is 0.328 e. The van der Waals surface area contributed by atoms with Crippen molar-refractivity contribution in [3.05, 3.63) is 40.8 Å². The predicted molar refractivity (Wildman–Crippen MR) is 99.4 cm³/mol. The molecule has 1 rings (SSSR count). The maximum absolute atomic E-state index is 10.3. The Balaban J connectivity index is 0.000000477. The van der Waals surface area contributed by atoms with Gasteiger partial charge >= 0.3 is 5.97 Å². The van der Waals surface area contributed by atoms with E-state index in [0.29, 0.717) is 6.61 Å². The number of nitrogens with zero attached hydrogens (tertiary/aromatic N) is 1. The summed E-state index contributed by atoms with van der Waals surface area (Å²) in [5.74, 6) is -0.202. The Morgan fingerprint density at radius 2 is 2.04 bits per heavy atom. The Bertz CT molecular complexity index is 516. The van der Waals surface area contributed by atoms with Gasteiger partial charge in [0.2, 0.25) is 0 Å². The zero-order valence-electron chi connectivity index (χ0n) is 15.3. The van der Waals surface area contributed by atoms with Crippen LogP contribution in [0.3, 0.4) is 0 Å². The van der Waals surface area contributed by atoms with Gasteiger partial charge < -0.3 is 14.7 Å². The molecule has 25 heavy (non-hydrogen) atoms. The average Bonchev–Trinajstić information content (AvgIpc) is 2.58. The lowest BCUT2D eigenvalue weighted by Gasteiger charge is -2.05. The molecule has 0 aromatic heterocycles. The number of ether oxygens (including phenoxy) is 1. The molecule has 0 fully saturated rings. The molecule has 0 radical (unpaired) electrons. The maximum atomic E-state index is 10.3. The molecule has 1 unspecified atom stereocenters. The highest BCUT2D eigenvalue weighted by Crippen LogP contribution is 2.14. The quantitative estimate of drug-likeness (QED) is 0.255. The summed E-state index contributed by atoms with van der Waals surface area (Å²) in [6.07, 6.45) is 8.42. The van der Waals surface area contributed by atoms with Crippen molar-refractivity contribution in [1.82, 2.24) is 0 Å². The van der Waals surface area contributed by atoms with Crippen LogP contribution in [0, 0.1) is 4.91 Å². The molecule has 0 heterocycles. The second-order valence-corrected chi connectivity index (χ2v) is 5.52. The molecular weight excluding hydrogens is 322 g/mol. The van der Waals surface area contributed by atoms with Crippen LogP contribution in [0.15, 0.2) is 35.7 Å². The van der Waals surface area contributed by atoms with E-state index >= 15 is 0 Å². The van der Waals surface area contributed by atoms with E-state index in [0.717, 1.165) is 30.2 Å². The van der Waals surface area contributed by atoms with E-state index in [1.807, 2.05) is 32.0 Å². The summed E-state index contributed by atoms with van der Waals surface area (Å²) < 4.78 is 5.27. The molecule has 0 aliphatic rings.